The Morgan fingerprint density at radius 2 is 2.00 bits per heavy atom. The fourth-order valence-electron chi connectivity index (χ4n) is 1.41. The third kappa shape index (κ3) is 3.81. The second-order valence-electron chi connectivity index (χ2n) is 5.11. The highest BCUT2D eigenvalue weighted by molar-refractivity contribution is 9.10. The van der Waals surface area contributed by atoms with E-state index >= 15 is 0 Å². The Morgan fingerprint density at radius 1 is 1.41 bits per heavy atom. The Kier molecular flexibility index (Phi) is 4.77. The minimum atomic E-state index is -0.391. The zero-order valence-electron chi connectivity index (χ0n) is 10.1. The van der Waals surface area contributed by atoms with E-state index in [1.165, 1.54) is 4.57 Å². The molecule has 0 bridgehead atoms. The quantitative estimate of drug-likeness (QED) is 0.833. The van der Waals surface area contributed by atoms with E-state index in [1.54, 1.807) is 6.20 Å². The summed E-state index contributed by atoms with van der Waals surface area (Å²) in [6.45, 7) is 6.96. The average molecular weight is 368 g/mol. The van der Waals surface area contributed by atoms with E-state index in [-0.39, 0.29) is 11.1 Å². The summed E-state index contributed by atoms with van der Waals surface area (Å²) in [6, 6.07) is 0. The van der Waals surface area contributed by atoms with Gasteiger partial charge in [0.2, 0.25) is 0 Å². The fourth-order valence-corrected chi connectivity index (χ4v) is 2.93. The summed E-state index contributed by atoms with van der Waals surface area (Å²) in [7, 11) is 0. The largest absolute Gasteiger partial charge is 0.328 e. The maximum atomic E-state index is 11.6. The smallest absolute Gasteiger partial charge is 0.299 e. The summed E-state index contributed by atoms with van der Waals surface area (Å²) in [6.07, 6.45) is 1.54. The van der Waals surface area contributed by atoms with Crippen molar-refractivity contribution < 1.29 is 0 Å². The molecule has 0 saturated heterocycles. The number of alkyl halides is 1. The summed E-state index contributed by atoms with van der Waals surface area (Å²) >= 11 is 6.59. The van der Waals surface area contributed by atoms with E-state index in [0.29, 0.717) is 16.9 Å². The van der Waals surface area contributed by atoms with Crippen LogP contribution in [-0.2, 0) is 6.54 Å². The lowest BCUT2D eigenvalue weighted by atomic mass is 9.82. The highest BCUT2D eigenvalue weighted by Crippen LogP contribution is 2.28. The minimum Gasteiger partial charge on any atom is -0.299 e. The van der Waals surface area contributed by atoms with Crippen LogP contribution < -0.4 is 11.2 Å². The van der Waals surface area contributed by atoms with Crippen LogP contribution in [0.5, 0.6) is 0 Å². The second kappa shape index (κ2) is 5.52. The Labute approximate surface area is 117 Å². The fraction of sp³-hybridized carbons (Fsp3) is 0.636. The van der Waals surface area contributed by atoms with Crippen molar-refractivity contribution in [2.24, 2.45) is 11.3 Å². The molecule has 0 radical (unpaired) electrons. The van der Waals surface area contributed by atoms with Gasteiger partial charge in [-0.1, -0.05) is 36.7 Å². The third-order valence-electron chi connectivity index (χ3n) is 2.80. The molecule has 1 aromatic heterocycles. The van der Waals surface area contributed by atoms with Crippen LogP contribution in [0.15, 0.2) is 20.3 Å². The lowest BCUT2D eigenvalue weighted by molar-refractivity contribution is 0.236. The summed E-state index contributed by atoms with van der Waals surface area (Å²) in [4.78, 5) is 25.1. The molecule has 0 aliphatic carbocycles. The van der Waals surface area contributed by atoms with Gasteiger partial charge in [0.15, 0.2) is 0 Å². The van der Waals surface area contributed by atoms with Crippen molar-refractivity contribution in [2.75, 3.05) is 5.33 Å². The number of rotatable bonds is 3. The number of hydrogen-bond acceptors (Lipinski definition) is 2. The van der Waals surface area contributed by atoms with E-state index in [0.717, 1.165) is 5.33 Å². The number of hydrogen-bond donors (Lipinski definition) is 1. The van der Waals surface area contributed by atoms with E-state index < -0.39 is 5.56 Å². The third-order valence-corrected chi connectivity index (χ3v) is 4.14. The van der Waals surface area contributed by atoms with Gasteiger partial charge in [0.25, 0.3) is 5.56 Å². The summed E-state index contributed by atoms with van der Waals surface area (Å²) in [5.41, 5.74) is -0.670. The van der Waals surface area contributed by atoms with Crippen LogP contribution >= 0.6 is 31.9 Å². The molecule has 1 unspecified atom stereocenters. The number of nitrogens with one attached hydrogen (secondary N) is 1. The van der Waals surface area contributed by atoms with Crippen molar-refractivity contribution in [3.8, 4) is 0 Å². The van der Waals surface area contributed by atoms with Gasteiger partial charge >= 0.3 is 5.69 Å². The molecule has 0 amide bonds. The predicted molar refractivity (Wildman–Crippen MR) is 75.8 cm³/mol. The maximum Gasteiger partial charge on any atom is 0.328 e. The van der Waals surface area contributed by atoms with Crippen molar-refractivity contribution in [3.63, 3.8) is 0 Å². The molecule has 0 fully saturated rings. The van der Waals surface area contributed by atoms with E-state index in [1.807, 2.05) is 0 Å². The van der Waals surface area contributed by atoms with Crippen LogP contribution in [0.4, 0.5) is 0 Å². The van der Waals surface area contributed by atoms with Crippen molar-refractivity contribution in [1.29, 1.82) is 0 Å². The molecule has 1 heterocycles. The zero-order valence-corrected chi connectivity index (χ0v) is 13.3. The zero-order chi connectivity index (χ0) is 13.2. The van der Waals surface area contributed by atoms with Crippen LogP contribution in [0.1, 0.15) is 20.8 Å². The number of H-pyrrole nitrogens is 1. The number of aromatic nitrogens is 2. The molecule has 96 valence electrons. The average Bonchev–Trinajstić information content (AvgIpc) is 2.19. The first-order valence-corrected chi connectivity index (χ1v) is 7.22. The Bertz CT molecular complexity index is 499. The second-order valence-corrected chi connectivity index (χ2v) is 6.61. The molecular formula is C11H16Br2N2O2. The van der Waals surface area contributed by atoms with Gasteiger partial charge in [-0.05, 0) is 27.3 Å². The molecule has 6 heteroatoms. The van der Waals surface area contributed by atoms with Crippen molar-refractivity contribution >= 4 is 31.9 Å². The molecule has 1 atom stereocenters. The van der Waals surface area contributed by atoms with Gasteiger partial charge in [0, 0.05) is 18.1 Å². The highest BCUT2D eigenvalue weighted by Gasteiger charge is 2.24. The van der Waals surface area contributed by atoms with E-state index in [9.17, 15) is 9.59 Å². The van der Waals surface area contributed by atoms with Crippen molar-refractivity contribution in [1.82, 2.24) is 9.55 Å². The molecule has 0 aliphatic rings. The number of halogens is 2. The van der Waals surface area contributed by atoms with Crippen molar-refractivity contribution in [2.45, 2.75) is 27.3 Å². The van der Waals surface area contributed by atoms with Crippen molar-refractivity contribution in [3.05, 3.63) is 31.5 Å². The molecule has 0 aromatic carbocycles. The van der Waals surface area contributed by atoms with Gasteiger partial charge in [-0.25, -0.2) is 4.79 Å². The van der Waals surface area contributed by atoms with Gasteiger partial charge in [0.1, 0.15) is 0 Å². The Hall–Kier alpha value is -0.360. The first-order valence-electron chi connectivity index (χ1n) is 5.31. The Morgan fingerprint density at radius 3 is 2.47 bits per heavy atom. The molecular weight excluding hydrogens is 352 g/mol. The van der Waals surface area contributed by atoms with Gasteiger partial charge in [-0.3, -0.25) is 14.3 Å². The standard InChI is InChI=1S/C11H16Br2N2O2/c1-11(2,3)7(4-12)5-15-6-8(13)9(16)14-10(15)17/h6-7H,4-5H2,1-3H3,(H,14,16,17). The van der Waals surface area contributed by atoms with Crippen LogP contribution in [0.2, 0.25) is 0 Å². The van der Waals surface area contributed by atoms with Gasteiger partial charge in [-0.2, -0.15) is 0 Å². The minimum absolute atomic E-state index is 0.0888. The number of aromatic amines is 1. The lowest BCUT2D eigenvalue weighted by Crippen LogP contribution is -2.35. The van der Waals surface area contributed by atoms with E-state index in [4.69, 9.17) is 0 Å². The summed E-state index contributed by atoms with van der Waals surface area (Å²) in [5.74, 6) is 0.304. The lowest BCUT2D eigenvalue weighted by Gasteiger charge is -2.29. The molecule has 1 aromatic rings. The first kappa shape index (κ1) is 14.7. The maximum absolute atomic E-state index is 11.6. The van der Waals surface area contributed by atoms with Crippen LogP contribution in [-0.4, -0.2) is 14.9 Å². The highest BCUT2D eigenvalue weighted by atomic mass is 79.9. The van der Waals surface area contributed by atoms with Gasteiger partial charge in [-0.15, -0.1) is 0 Å². The van der Waals surface area contributed by atoms with Crippen LogP contribution in [0.25, 0.3) is 0 Å². The van der Waals surface area contributed by atoms with Gasteiger partial charge < -0.3 is 0 Å². The Balaban J connectivity index is 3.07. The normalized spacial score (nSPS) is 13.7. The van der Waals surface area contributed by atoms with Crippen LogP contribution in [0.3, 0.4) is 0 Å². The SMILES string of the molecule is CC(C)(C)C(CBr)Cn1cc(Br)c(=O)[nH]c1=O. The molecule has 1 rings (SSSR count). The van der Waals surface area contributed by atoms with E-state index in [2.05, 4.69) is 57.6 Å². The molecule has 17 heavy (non-hydrogen) atoms. The molecule has 1 N–H and O–H groups in total. The molecule has 0 saturated carbocycles. The number of nitrogens with zero attached hydrogens (tertiary/aromatic N) is 1. The summed E-state index contributed by atoms with van der Waals surface area (Å²) in [5, 5.41) is 0.805. The monoisotopic (exact) mass is 366 g/mol. The summed E-state index contributed by atoms with van der Waals surface area (Å²) < 4.78 is 1.90. The molecule has 4 nitrogen and oxygen atoms in total. The predicted octanol–water partition coefficient (Wildman–Crippen LogP) is 2.36. The van der Waals surface area contributed by atoms with Crippen LogP contribution in [0, 0.1) is 11.3 Å². The van der Waals surface area contributed by atoms with Gasteiger partial charge in [0.05, 0.1) is 4.47 Å². The topological polar surface area (TPSA) is 54.9 Å². The molecule has 0 aliphatic heterocycles. The first-order chi connectivity index (χ1) is 7.75. The molecule has 0 spiro atoms.